The zero-order chi connectivity index (χ0) is 18.3. The number of carbonyl (C=O) groups excluding carboxylic acids is 1. The fourth-order valence-electron chi connectivity index (χ4n) is 3.41. The van der Waals surface area contributed by atoms with E-state index in [1.54, 1.807) is 6.20 Å². The number of rotatable bonds is 4. The van der Waals surface area contributed by atoms with Gasteiger partial charge in [-0.25, -0.2) is 18.9 Å². The van der Waals surface area contributed by atoms with Gasteiger partial charge in [-0.2, -0.15) is 5.10 Å². The summed E-state index contributed by atoms with van der Waals surface area (Å²) in [6.07, 6.45) is 5.99. The van der Waals surface area contributed by atoms with E-state index in [0.29, 0.717) is 22.9 Å². The maximum Gasteiger partial charge on any atom is 0.254 e. The SMILES string of the molecule is COc1ncc(F)cc1C1CCCN1c1ccn2ncc(C(N)=O)c2n1. The van der Waals surface area contributed by atoms with Crippen LogP contribution in [0, 0.1) is 5.82 Å². The van der Waals surface area contributed by atoms with Crippen molar-refractivity contribution in [1.29, 1.82) is 0 Å². The summed E-state index contributed by atoms with van der Waals surface area (Å²) in [5, 5.41) is 4.08. The molecule has 3 aromatic rings. The minimum absolute atomic E-state index is 0.122. The minimum Gasteiger partial charge on any atom is -0.481 e. The van der Waals surface area contributed by atoms with Crippen molar-refractivity contribution in [2.24, 2.45) is 5.73 Å². The summed E-state index contributed by atoms with van der Waals surface area (Å²) in [7, 11) is 1.51. The molecule has 134 valence electrons. The molecule has 9 heteroatoms. The van der Waals surface area contributed by atoms with Crippen LogP contribution < -0.4 is 15.4 Å². The van der Waals surface area contributed by atoms with Gasteiger partial charge >= 0.3 is 0 Å². The number of pyridine rings is 1. The van der Waals surface area contributed by atoms with Crippen LogP contribution in [0.2, 0.25) is 0 Å². The summed E-state index contributed by atoms with van der Waals surface area (Å²) in [6, 6.07) is 3.13. The predicted octanol–water partition coefficient (Wildman–Crippen LogP) is 1.71. The lowest BCUT2D eigenvalue weighted by atomic mass is 10.1. The first kappa shape index (κ1) is 16.2. The van der Waals surface area contributed by atoms with E-state index in [1.165, 1.54) is 23.9 Å². The minimum atomic E-state index is -0.585. The van der Waals surface area contributed by atoms with Crippen molar-refractivity contribution in [1.82, 2.24) is 19.6 Å². The second-order valence-corrected chi connectivity index (χ2v) is 6.08. The van der Waals surface area contributed by atoms with Gasteiger partial charge in [0.1, 0.15) is 17.2 Å². The molecule has 1 atom stereocenters. The second-order valence-electron chi connectivity index (χ2n) is 6.08. The average Bonchev–Trinajstić information content (AvgIpc) is 3.28. The topological polar surface area (TPSA) is 98.6 Å². The Morgan fingerprint density at radius 3 is 3.04 bits per heavy atom. The van der Waals surface area contributed by atoms with Gasteiger partial charge in [-0.05, 0) is 25.0 Å². The maximum absolute atomic E-state index is 13.8. The molecule has 4 rings (SSSR count). The van der Waals surface area contributed by atoms with E-state index < -0.39 is 11.7 Å². The lowest BCUT2D eigenvalue weighted by Gasteiger charge is -2.26. The Balaban J connectivity index is 1.77. The molecule has 1 saturated heterocycles. The first-order chi connectivity index (χ1) is 12.6. The number of carbonyl (C=O) groups is 1. The normalized spacial score (nSPS) is 17.0. The Kier molecular flexibility index (Phi) is 3.90. The highest BCUT2D eigenvalue weighted by Crippen LogP contribution is 2.38. The van der Waals surface area contributed by atoms with Crippen LogP contribution in [0.5, 0.6) is 5.88 Å². The van der Waals surface area contributed by atoms with E-state index in [9.17, 15) is 9.18 Å². The van der Waals surface area contributed by atoms with Crippen LogP contribution in [-0.4, -0.2) is 39.1 Å². The van der Waals surface area contributed by atoms with Crippen LogP contribution in [0.25, 0.3) is 5.65 Å². The van der Waals surface area contributed by atoms with Crippen LogP contribution in [0.15, 0.2) is 30.7 Å². The summed E-state index contributed by atoms with van der Waals surface area (Å²) in [6.45, 7) is 0.744. The smallest absolute Gasteiger partial charge is 0.254 e. The van der Waals surface area contributed by atoms with Gasteiger partial charge < -0.3 is 15.4 Å². The number of hydrogen-bond acceptors (Lipinski definition) is 6. The molecule has 2 N–H and O–H groups in total. The van der Waals surface area contributed by atoms with Crippen LogP contribution >= 0.6 is 0 Å². The summed E-state index contributed by atoms with van der Waals surface area (Å²) < 4.78 is 20.6. The molecule has 1 unspecified atom stereocenters. The molecule has 26 heavy (non-hydrogen) atoms. The summed E-state index contributed by atoms with van der Waals surface area (Å²) in [4.78, 5) is 22.2. The molecule has 1 fully saturated rings. The molecule has 1 aliphatic heterocycles. The molecule has 1 amide bonds. The molecule has 0 saturated carbocycles. The summed E-state index contributed by atoms with van der Waals surface area (Å²) in [5.74, 6) is 0.0577. The molecule has 0 aromatic carbocycles. The molecular weight excluding hydrogens is 339 g/mol. The fourth-order valence-corrected chi connectivity index (χ4v) is 3.41. The van der Waals surface area contributed by atoms with Crippen LogP contribution in [-0.2, 0) is 0 Å². The van der Waals surface area contributed by atoms with Gasteiger partial charge in [-0.1, -0.05) is 0 Å². The summed E-state index contributed by atoms with van der Waals surface area (Å²) in [5.41, 5.74) is 6.72. The lowest BCUT2D eigenvalue weighted by Crippen LogP contribution is -2.24. The number of amides is 1. The molecule has 4 heterocycles. The summed E-state index contributed by atoms with van der Waals surface area (Å²) >= 11 is 0. The largest absolute Gasteiger partial charge is 0.481 e. The quantitative estimate of drug-likeness (QED) is 0.764. The predicted molar refractivity (Wildman–Crippen MR) is 91.6 cm³/mol. The Labute approximate surface area is 148 Å². The van der Waals surface area contributed by atoms with Crippen LogP contribution in [0.3, 0.4) is 0 Å². The number of fused-ring (bicyclic) bond motifs is 1. The van der Waals surface area contributed by atoms with Crippen LogP contribution in [0.1, 0.15) is 34.8 Å². The maximum atomic E-state index is 13.8. The zero-order valence-electron chi connectivity index (χ0n) is 14.1. The van der Waals surface area contributed by atoms with Gasteiger partial charge in [0.25, 0.3) is 5.91 Å². The second kappa shape index (κ2) is 6.25. The monoisotopic (exact) mass is 356 g/mol. The van der Waals surface area contributed by atoms with Crippen molar-refractivity contribution >= 4 is 17.4 Å². The fraction of sp³-hybridized carbons (Fsp3) is 0.294. The van der Waals surface area contributed by atoms with Crippen molar-refractivity contribution in [3.63, 3.8) is 0 Å². The van der Waals surface area contributed by atoms with E-state index in [0.717, 1.165) is 25.6 Å². The number of nitrogens with two attached hydrogens (primary N) is 1. The standard InChI is InChI=1S/C17H17FN6O2/c1-26-17-11(7-10(18)8-20-17)13-3-2-5-23(13)14-4-6-24-16(22-14)12(9-21-24)15(19)25/h4,6-9,13H,2-3,5H2,1H3,(H2,19,25). The number of aromatic nitrogens is 4. The number of halogens is 1. The Morgan fingerprint density at radius 1 is 1.42 bits per heavy atom. The number of methoxy groups -OCH3 is 1. The number of ether oxygens (including phenoxy) is 1. The van der Waals surface area contributed by atoms with Crippen molar-refractivity contribution in [2.75, 3.05) is 18.6 Å². The van der Waals surface area contributed by atoms with E-state index >= 15 is 0 Å². The van der Waals surface area contributed by atoms with Crippen molar-refractivity contribution in [2.45, 2.75) is 18.9 Å². The molecular formula is C17H17FN6O2. The molecule has 3 aromatic heterocycles. The van der Waals surface area contributed by atoms with Gasteiger partial charge in [-0.15, -0.1) is 0 Å². The highest BCUT2D eigenvalue weighted by Gasteiger charge is 2.31. The molecule has 0 bridgehead atoms. The molecule has 1 aliphatic rings. The van der Waals surface area contributed by atoms with Gasteiger partial charge in [0, 0.05) is 18.3 Å². The van der Waals surface area contributed by atoms with E-state index in [1.807, 2.05) is 6.07 Å². The Morgan fingerprint density at radius 2 is 2.27 bits per heavy atom. The van der Waals surface area contributed by atoms with Crippen LogP contribution in [0.4, 0.5) is 10.2 Å². The van der Waals surface area contributed by atoms with E-state index in [2.05, 4.69) is 20.0 Å². The van der Waals surface area contributed by atoms with Crippen molar-refractivity contribution < 1.29 is 13.9 Å². The molecule has 0 radical (unpaired) electrons. The highest BCUT2D eigenvalue weighted by atomic mass is 19.1. The van der Waals surface area contributed by atoms with Gasteiger partial charge in [0.05, 0.1) is 25.5 Å². The molecule has 0 spiro atoms. The Bertz CT molecular complexity index is 989. The third kappa shape index (κ3) is 2.61. The highest BCUT2D eigenvalue weighted by molar-refractivity contribution is 5.98. The van der Waals surface area contributed by atoms with Crippen molar-refractivity contribution in [3.05, 3.63) is 47.7 Å². The van der Waals surface area contributed by atoms with E-state index in [-0.39, 0.29) is 11.6 Å². The van der Waals surface area contributed by atoms with E-state index in [4.69, 9.17) is 10.5 Å². The molecule has 0 aliphatic carbocycles. The first-order valence-electron chi connectivity index (χ1n) is 8.18. The van der Waals surface area contributed by atoms with Gasteiger partial charge in [0.15, 0.2) is 5.65 Å². The number of nitrogens with zero attached hydrogens (tertiary/aromatic N) is 5. The Hall–Kier alpha value is -3.23. The number of hydrogen-bond donors (Lipinski definition) is 1. The van der Waals surface area contributed by atoms with Crippen molar-refractivity contribution in [3.8, 4) is 5.88 Å². The third-order valence-electron chi connectivity index (χ3n) is 4.56. The van der Waals surface area contributed by atoms with Gasteiger partial charge in [0.2, 0.25) is 5.88 Å². The number of primary amides is 1. The lowest BCUT2D eigenvalue weighted by molar-refractivity contribution is 0.100. The third-order valence-corrected chi connectivity index (χ3v) is 4.56. The first-order valence-corrected chi connectivity index (χ1v) is 8.18. The zero-order valence-corrected chi connectivity index (χ0v) is 14.1. The average molecular weight is 356 g/mol. The number of anilines is 1. The van der Waals surface area contributed by atoms with Gasteiger partial charge in [-0.3, -0.25) is 4.79 Å². The molecule has 8 nitrogen and oxygen atoms in total.